The molecule has 20 heavy (non-hydrogen) atoms. The number of hydrogen-bond acceptors (Lipinski definition) is 3. The van der Waals surface area contributed by atoms with Gasteiger partial charge in [-0.1, -0.05) is 19.9 Å². The molecule has 0 spiro atoms. The Morgan fingerprint density at radius 2 is 2.20 bits per heavy atom. The molecule has 0 N–H and O–H groups in total. The number of carbonyl (C=O) groups is 1. The third-order valence-electron chi connectivity index (χ3n) is 4.76. The first-order valence-corrected chi connectivity index (χ1v) is 8.71. The molecule has 110 valence electrons. The van der Waals surface area contributed by atoms with Crippen LogP contribution in [0.3, 0.4) is 0 Å². The van der Waals surface area contributed by atoms with E-state index in [0.29, 0.717) is 11.2 Å². The van der Waals surface area contributed by atoms with Crippen LogP contribution in [0.1, 0.15) is 50.8 Å². The summed E-state index contributed by atoms with van der Waals surface area (Å²) >= 11 is 1.83. The average molecular weight is 291 g/mol. The van der Waals surface area contributed by atoms with Gasteiger partial charge in [0.1, 0.15) is 5.78 Å². The summed E-state index contributed by atoms with van der Waals surface area (Å²) in [5.41, 5.74) is 0.344. The molecule has 0 aromatic carbocycles. The Morgan fingerprint density at radius 3 is 2.85 bits per heavy atom. The van der Waals surface area contributed by atoms with Crippen molar-refractivity contribution in [3.8, 4) is 0 Å². The molecule has 0 amide bonds. The molecule has 0 radical (unpaired) electrons. The molecule has 2 aliphatic rings. The predicted molar refractivity (Wildman–Crippen MR) is 83.9 cm³/mol. The zero-order valence-corrected chi connectivity index (χ0v) is 13.4. The third kappa shape index (κ3) is 3.50. The van der Waals surface area contributed by atoms with Crippen LogP contribution in [0.5, 0.6) is 0 Å². The molecule has 1 heterocycles. The average Bonchev–Trinajstić information content (AvgIpc) is 3.12. The van der Waals surface area contributed by atoms with Gasteiger partial charge in [0.2, 0.25) is 0 Å². The van der Waals surface area contributed by atoms with E-state index in [1.165, 1.54) is 17.7 Å². The zero-order chi connectivity index (χ0) is 14.2. The van der Waals surface area contributed by atoms with E-state index in [-0.39, 0.29) is 5.92 Å². The van der Waals surface area contributed by atoms with Crippen LogP contribution in [0.4, 0.5) is 0 Å². The fraction of sp³-hybridized carbons (Fsp3) is 0.706. The second-order valence-corrected chi connectivity index (χ2v) is 8.30. The summed E-state index contributed by atoms with van der Waals surface area (Å²) in [7, 11) is 0. The first kappa shape index (κ1) is 14.3. The van der Waals surface area contributed by atoms with Gasteiger partial charge in [0.15, 0.2) is 0 Å². The Hall–Kier alpha value is -0.670. The highest BCUT2D eigenvalue weighted by molar-refractivity contribution is 7.09. The normalized spacial score (nSPS) is 26.1. The van der Waals surface area contributed by atoms with Crippen molar-refractivity contribution in [2.75, 3.05) is 6.54 Å². The Kier molecular flexibility index (Phi) is 4.00. The van der Waals surface area contributed by atoms with Crippen LogP contribution in [0.25, 0.3) is 0 Å². The maximum atomic E-state index is 12.2. The maximum Gasteiger partial charge on any atom is 0.137 e. The molecule has 3 rings (SSSR count). The fourth-order valence-corrected chi connectivity index (χ4v) is 4.11. The lowest BCUT2D eigenvalue weighted by Gasteiger charge is -2.36. The van der Waals surface area contributed by atoms with Crippen LogP contribution in [-0.2, 0) is 11.3 Å². The summed E-state index contributed by atoms with van der Waals surface area (Å²) in [4.78, 5) is 16.2. The van der Waals surface area contributed by atoms with Gasteiger partial charge in [0.25, 0.3) is 0 Å². The van der Waals surface area contributed by atoms with Crippen molar-refractivity contribution in [3.05, 3.63) is 22.4 Å². The number of nitrogens with zero attached hydrogens (tertiary/aromatic N) is 1. The highest BCUT2D eigenvalue weighted by Crippen LogP contribution is 2.39. The standard InChI is InChI=1S/C17H25NOS/c1-17(2)8-7-16(19)13(10-17)11-18(14-5-6-14)12-15-4-3-9-20-15/h3-4,9,13-14H,5-8,10-12H2,1-2H3. The van der Waals surface area contributed by atoms with Crippen molar-refractivity contribution in [3.63, 3.8) is 0 Å². The Morgan fingerprint density at radius 1 is 1.40 bits per heavy atom. The smallest absolute Gasteiger partial charge is 0.137 e. The number of thiophene rings is 1. The molecule has 2 saturated carbocycles. The van der Waals surface area contributed by atoms with Gasteiger partial charge in [-0.2, -0.15) is 0 Å². The largest absolute Gasteiger partial charge is 0.299 e. The predicted octanol–water partition coefficient (Wildman–Crippen LogP) is 4.11. The van der Waals surface area contributed by atoms with Gasteiger partial charge in [-0.3, -0.25) is 9.69 Å². The van der Waals surface area contributed by atoms with Crippen LogP contribution in [-0.4, -0.2) is 23.3 Å². The minimum Gasteiger partial charge on any atom is -0.299 e. The summed E-state index contributed by atoms with van der Waals surface area (Å²) in [6.45, 7) is 6.64. The highest BCUT2D eigenvalue weighted by Gasteiger charge is 2.37. The minimum atomic E-state index is 0.263. The molecular formula is C17H25NOS. The Labute approximate surface area is 126 Å². The second-order valence-electron chi connectivity index (χ2n) is 7.27. The van der Waals surface area contributed by atoms with Gasteiger partial charge in [0.05, 0.1) is 0 Å². The van der Waals surface area contributed by atoms with Gasteiger partial charge in [-0.05, 0) is 42.5 Å². The van der Waals surface area contributed by atoms with E-state index >= 15 is 0 Å². The summed E-state index contributed by atoms with van der Waals surface area (Å²) in [6.07, 6.45) is 5.55. The summed E-state index contributed by atoms with van der Waals surface area (Å²) in [5, 5.41) is 2.15. The summed E-state index contributed by atoms with van der Waals surface area (Å²) in [6, 6.07) is 5.07. The Balaban J connectivity index is 1.65. The maximum absolute atomic E-state index is 12.2. The molecule has 1 unspecified atom stereocenters. The topological polar surface area (TPSA) is 20.3 Å². The van der Waals surface area contributed by atoms with Crippen LogP contribution in [0, 0.1) is 11.3 Å². The Bertz CT molecular complexity index is 461. The summed E-state index contributed by atoms with van der Waals surface area (Å²) < 4.78 is 0. The number of Topliss-reactive ketones (excluding diaryl/α,β-unsaturated/α-hetero) is 1. The molecule has 2 nitrogen and oxygen atoms in total. The lowest BCUT2D eigenvalue weighted by atomic mass is 9.71. The molecule has 3 heteroatoms. The van der Waals surface area contributed by atoms with Crippen LogP contribution in [0.2, 0.25) is 0 Å². The zero-order valence-electron chi connectivity index (χ0n) is 12.6. The van der Waals surface area contributed by atoms with Crippen LogP contribution < -0.4 is 0 Å². The van der Waals surface area contributed by atoms with E-state index in [4.69, 9.17) is 0 Å². The lowest BCUT2D eigenvalue weighted by Crippen LogP contribution is -2.39. The van der Waals surface area contributed by atoms with Crippen molar-refractivity contribution in [2.24, 2.45) is 11.3 Å². The van der Waals surface area contributed by atoms with Crippen molar-refractivity contribution < 1.29 is 4.79 Å². The highest BCUT2D eigenvalue weighted by atomic mass is 32.1. The second kappa shape index (κ2) is 5.61. The van der Waals surface area contributed by atoms with Gasteiger partial charge >= 0.3 is 0 Å². The van der Waals surface area contributed by atoms with E-state index in [2.05, 4.69) is 36.3 Å². The molecule has 2 fully saturated rings. The van der Waals surface area contributed by atoms with Gasteiger partial charge in [-0.25, -0.2) is 0 Å². The first-order valence-electron chi connectivity index (χ1n) is 7.83. The number of rotatable bonds is 5. The molecule has 1 aromatic heterocycles. The molecule has 1 aromatic rings. The third-order valence-corrected chi connectivity index (χ3v) is 5.62. The van der Waals surface area contributed by atoms with E-state index < -0.39 is 0 Å². The van der Waals surface area contributed by atoms with Crippen LogP contribution >= 0.6 is 11.3 Å². The minimum absolute atomic E-state index is 0.263. The number of carbonyl (C=O) groups excluding carboxylic acids is 1. The molecule has 1 atom stereocenters. The molecule has 0 saturated heterocycles. The van der Waals surface area contributed by atoms with Crippen molar-refractivity contribution in [2.45, 2.75) is 58.5 Å². The first-order chi connectivity index (χ1) is 9.53. The molecule has 0 aliphatic heterocycles. The van der Waals surface area contributed by atoms with Gasteiger partial charge in [-0.15, -0.1) is 11.3 Å². The monoisotopic (exact) mass is 291 g/mol. The van der Waals surface area contributed by atoms with Crippen molar-refractivity contribution in [1.82, 2.24) is 4.90 Å². The van der Waals surface area contributed by atoms with Crippen molar-refractivity contribution >= 4 is 17.1 Å². The summed E-state index contributed by atoms with van der Waals surface area (Å²) in [5.74, 6) is 0.764. The van der Waals surface area contributed by atoms with Gasteiger partial charge < -0.3 is 0 Å². The molecule has 2 aliphatic carbocycles. The van der Waals surface area contributed by atoms with Crippen LogP contribution in [0.15, 0.2) is 17.5 Å². The quantitative estimate of drug-likeness (QED) is 0.814. The van der Waals surface area contributed by atoms with Gasteiger partial charge in [0, 0.05) is 36.3 Å². The van der Waals surface area contributed by atoms with E-state index in [0.717, 1.165) is 38.4 Å². The molecule has 0 bridgehead atoms. The van der Waals surface area contributed by atoms with Crippen molar-refractivity contribution in [1.29, 1.82) is 0 Å². The van der Waals surface area contributed by atoms with E-state index in [9.17, 15) is 4.79 Å². The molecular weight excluding hydrogens is 266 g/mol. The number of hydrogen-bond donors (Lipinski definition) is 0. The van der Waals surface area contributed by atoms with E-state index in [1.807, 2.05) is 11.3 Å². The number of ketones is 1. The van der Waals surface area contributed by atoms with E-state index in [1.54, 1.807) is 0 Å². The SMILES string of the molecule is CC1(C)CCC(=O)C(CN(Cc2cccs2)C2CC2)C1. The fourth-order valence-electron chi connectivity index (χ4n) is 3.38. The lowest BCUT2D eigenvalue weighted by molar-refractivity contribution is -0.127.